The number of carboxylic acids is 1. The lowest BCUT2D eigenvalue weighted by atomic mass is 10.0. The SMILES string of the molecule is C[n+]1ccc(SCC2=C(C(=O)[O-])N3C(=O)[C@@H](NC(=S)Cc4cc(Cl)nc(Cl)c4)[C@H]3SC2)cc1. The van der Waals surface area contributed by atoms with Crippen LogP contribution in [-0.4, -0.2) is 49.7 Å². The van der Waals surface area contributed by atoms with Gasteiger partial charge in [-0.15, -0.1) is 23.5 Å². The van der Waals surface area contributed by atoms with Crippen LogP contribution in [0.3, 0.4) is 0 Å². The molecule has 0 radical (unpaired) electrons. The summed E-state index contributed by atoms with van der Waals surface area (Å²) in [5.41, 5.74) is 1.40. The van der Waals surface area contributed by atoms with Crippen molar-refractivity contribution in [1.82, 2.24) is 15.2 Å². The Morgan fingerprint density at radius 1 is 1.36 bits per heavy atom. The highest BCUT2D eigenvalue weighted by molar-refractivity contribution is 8.01. The fourth-order valence-corrected chi connectivity index (χ4v) is 6.73. The molecule has 0 saturated carbocycles. The lowest BCUT2D eigenvalue weighted by Crippen LogP contribution is -2.71. The first-order valence-corrected chi connectivity index (χ1v) is 13.0. The molecule has 2 aliphatic rings. The normalized spacial score (nSPS) is 19.7. The number of aliphatic carboxylic acids is 1. The molecule has 4 rings (SSSR count). The van der Waals surface area contributed by atoms with E-state index in [1.165, 1.54) is 28.4 Å². The van der Waals surface area contributed by atoms with E-state index < -0.39 is 12.0 Å². The van der Waals surface area contributed by atoms with Crippen molar-refractivity contribution in [2.45, 2.75) is 22.7 Å². The van der Waals surface area contributed by atoms with E-state index in [9.17, 15) is 14.7 Å². The highest BCUT2D eigenvalue weighted by atomic mass is 35.5. The minimum atomic E-state index is -1.34. The number of thiocarbonyl (C=S) groups is 1. The number of β-lactam (4-membered cyclic amide) rings is 1. The number of amides is 1. The Bertz CT molecular complexity index is 1140. The summed E-state index contributed by atoms with van der Waals surface area (Å²) in [6.07, 6.45) is 4.18. The van der Waals surface area contributed by atoms with Crippen molar-refractivity contribution in [1.29, 1.82) is 0 Å². The van der Waals surface area contributed by atoms with Crippen LogP contribution in [0.25, 0.3) is 0 Å². The van der Waals surface area contributed by atoms with Gasteiger partial charge < -0.3 is 15.2 Å². The summed E-state index contributed by atoms with van der Waals surface area (Å²) >= 11 is 20.3. The molecule has 7 nitrogen and oxygen atoms in total. The van der Waals surface area contributed by atoms with Crippen LogP contribution in [-0.2, 0) is 23.1 Å². The van der Waals surface area contributed by atoms with Gasteiger partial charge in [-0.1, -0.05) is 35.4 Å². The maximum absolute atomic E-state index is 12.9. The highest BCUT2D eigenvalue weighted by Gasteiger charge is 2.52. The number of fused-ring (bicyclic) bond motifs is 1. The summed E-state index contributed by atoms with van der Waals surface area (Å²) in [5, 5.41) is 15.1. The second-order valence-corrected chi connectivity index (χ2v) is 10.9. The third-order valence-corrected chi connectivity index (χ3v) is 8.19. The van der Waals surface area contributed by atoms with E-state index in [-0.39, 0.29) is 27.3 Å². The van der Waals surface area contributed by atoms with Crippen LogP contribution in [0.1, 0.15) is 5.56 Å². The van der Waals surface area contributed by atoms with Gasteiger partial charge in [0.25, 0.3) is 5.91 Å². The van der Waals surface area contributed by atoms with Gasteiger partial charge >= 0.3 is 0 Å². The van der Waals surface area contributed by atoms with Crippen molar-refractivity contribution in [2.24, 2.45) is 7.05 Å². The van der Waals surface area contributed by atoms with E-state index in [4.69, 9.17) is 35.4 Å². The topological polar surface area (TPSA) is 89.2 Å². The molecule has 1 saturated heterocycles. The first-order valence-electron chi connectivity index (χ1n) is 9.80. The number of aromatic nitrogens is 2. The summed E-state index contributed by atoms with van der Waals surface area (Å²) in [7, 11) is 1.93. The number of hydrogen-bond donors (Lipinski definition) is 1. The van der Waals surface area contributed by atoms with Crippen LogP contribution in [0.15, 0.2) is 52.8 Å². The van der Waals surface area contributed by atoms with Gasteiger partial charge in [0.05, 0.1) is 16.7 Å². The molecule has 2 aliphatic heterocycles. The largest absolute Gasteiger partial charge is 0.543 e. The maximum Gasteiger partial charge on any atom is 0.253 e. The number of carbonyl (C=O) groups is 2. The molecule has 0 unspecified atom stereocenters. The van der Waals surface area contributed by atoms with E-state index in [0.717, 1.165) is 10.5 Å². The second kappa shape index (κ2) is 10.2. The van der Waals surface area contributed by atoms with Crippen LogP contribution < -0.4 is 15.0 Å². The van der Waals surface area contributed by atoms with Crippen molar-refractivity contribution in [3.05, 3.63) is 63.8 Å². The monoisotopic (exact) mass is 540 g/mol. The third-order valence-electron chi connectivity index (χ3n) is 5.11. The Morgan fingerprint density at radius 3 is 2.67 bits per heavy atom. The summed E-state index contributed by atoms with van der Waals surface area (Å²) < 4.78 is 1.92. The summed E-state index contributed by atoms with van der Waals surface area (Å²) in [6, 6.07) is 6.62. The zero-order valence-electron chi connectivity index (χ0n) is 17.3. The van der Waals surface area contributed by atoms with Gasteiger partial charge in [-0.3, -0.25) is 9.69 Å². The molecule has 1 fully saturated rings. The number of carbonyl (C=O) groups excluding carboxylic acids is 2. The van der Waals surface area contributed by atoms with Crippen LogP contribution in [0.5, 0.6) is 0 Å². The number of thioether (sulfide) groups is 2. The van der Waals surface area contributed by atoms with Gasteiger partial charge in [0, 0.05) is 35.0 Å². The Kier molecular flexibility index (Phi) is 7.49. The average Bonchev–Trinajstić information content (AvgIpc) is 2.75. The van der Waals surface area contributed by atoms with E-state index in [1.54, 1.807) is 12.1 Å². The molecule has 2 aromatic rings. The van der Waals surface area contributed by atoms with Gasteiger partial charge in [-0.05, 0) is 23.3 Å². The third kappa shape index (κ3) is 5.46. The molecule has 172 valence electrons. The van der Waals surface area contributed by atoms with E-state index in [1.807, 2.05) is 36.1 Å². The molecule has 0 aromatic carbocycles. The zero-order chi connectivity index (χ0) is 23.7. The predicted octanol–water partition coefficient (Wildman–Crippen LogP) is 1.75. The van der Waals surface area contributed by atoms with Crippen molar-refractivity contribution in [2.75, 3.05) is 11.5 Å². The van der Waals surface area contributed by atoms with E-state index >= 15 is 0 Å². The zero-order valence-corrected chi connectivity index (χ0v) is 21.2. The summed E-state index contributed by atoms with van der Waals surface area (Å²) in [4.78, 5) is 31.5. The second-order valence-electron chi connectivity index (χ2n) is 7.48. The Hall–Kier alpha value is -1.85. The number of rotatable bonds is 7. The minimum Gasteiger partial charge on any atom is -0.543 e. The van der Waals surface area contributed by atoms with Gasteiger partial charge in [0.2, 0.25) is 0 Å². The van der Waals surface area contributed by atoms with E-state index in [0.29, 0.717) is 28.5 Å². The Morgan fingerprint density at radius 2 is 2.03 bits per heavy atom. The fraction of sp³-hybridized carbons (Fsp3) is 0.286. The molecule has 2 atom stereocenters. The number of carboxylic acid groups (broad SMARTS) is 1. The quantitative estimate of drug-likeness (QED) is 0.187. The smallest absolute Gasteiger partial charge is 0.253 e. The Labute approximate surface area is 214 Å². The van der Waals surface area contributed by atoms with Crippen LogP contribution in [0, 0.1) is 0 Å². The van der Waals surface area contributed by atoms with Gasteiger partial charge in [-0.2, -0.15) is 0 Å². The lowest BCUT2D eigenvalue weighted by Gasteiger charge is -2.51. The molecule has 4 heterocycles. The van der Waals surface area contributed by atoms with Gasteiger partial charge in [0.1, 0.15) is 28.8 Å². The molecule has 2 aromatic heterocycles. The molecule has 0 aliphatic carbocycles. The number of aryl methyl sites for hydroxylation is 1. The minimum absolute atomic E-state index is 0.0330. The molecule has 0 spiro atoms. The van der Waals surface area contributed by atoms with Crippen LogP contribution in [0.4, 0.5) is 0 Å². The van der Waals surface area contributed by atoms with Crippen molar-refractivity contribution < 1.29 is 19.3 Å². The predicted molar refractivity (Wildman–Crippen MR) is 131 cm³/mol. The van der Waals surface area contributed by atoms with Crippen molar-refractivity contribution >= 4 is 75.8 Å². The number of nitrogens with zero attached hydrogens (tertiary/aromatic N) is 3. The van der Waals surface area contributed by atoms with Gasteiger partial charge in [0.15, 0.2) is 12.4 Å². The number of nitrogens with one attached hydrogen (secondary N) is 1. The van der Waals surface area contributed by atoms with Crippen LogP contribution in [0.2, 0.25) is 10.3 Å². The van der Waals surface area contributed by atoms with Crippen molar-refractivity contribution in [3.63, 3.8) is 0 Å². The number of halogens is 2. The van der Waals surface area contributed by atoms with E-state index in [2.05, 4.69) is 10.3 Å². The van der Waals surface area contributed by atoms with Crippen molar-refractivity contribution in [3.8, 4) is 0 Å². The first-order chi connectivity index (χ1) is 15.7. The van der Waals surface area contributed by atoms with Gasteiger partial charge in [-0.25, -0.2) is 9.55 Å². The number of hydrogen-bond acceptors (Lipinski definition) is 7. The Balaban J connectivity index is 1.43. The summed E-state index contributed by atoms with van der Waals surface area (Å²) in [6.45, 7) is 0. The maximum atomic E-state index is 12.9. The van der Waals surface area contributed by atoms with Crippen LogP contribution >= 0.6 is 58.9 Å². The molecule has 1 N–H and O–H groups in total. The average molecular weight is 542 g/mol. The molecule has 12 heteroatoms. The molecule has 33 heavy (non-hydrogen) atoms. The fourth-order valence-electron chi connectivity index (χ4n) is 3.56. The molecule has 1 amide bonds. The molecule has 0 bridgehead atoms. The molecular formula is C21H18Cl2N4O3S3. The summed E-state index contributed by atoms with van der Waals surface area (Å²) in [5.74, 6) is -0.730. The highest BCUT2D eigenvalue weighted by Crippen LogP contribution is 2.41. The lowest BCUT2D eigenvalue weighted by molar-refractivity contribution is -0.671. The first kappa shape index (κ1) is 24.3. The standard InChI is InChI=1S/C21H18Cl2N4O3S3/c1-26-4-2-13(3-5-26)32-9-12-10-33-20-17(19(28)27(20)18(12)21(29)30)25-16(31)8-11-6-14(22)24-15(23)7-11/h2-7,17,20H,8-10H2,1H3,(H-,25,29,30,31)/t17-,20-/m1/s1. The number of pyridine rings is 2. The molecular weight excluding hydrogens is 523 g/mol.